The van der Waals surface area contributed by atoms with E-state index >= 15 is 0 Å². The fourth-order valence-corrected chi connectivity index (χ4v) is 0.588. The molecule has 8 N–H and O–H groups in total. The van der Waals surface area contributed by atoms with E-state index in [1.54, 1.807) is 0 Å². The van der Waals surface area contributed by atoms with E-state index in [0.717, 1.165) is 13.8 Å². The van der Waals surface area contributed by atoms with Crippen LogP contribution in [0.1, 0.15) is 13.8 Å². The van der Waals surface area contributed by atoms with Crippen LogP contribution in [-0.4, -0.2) is 51.6 Å². The van der Waals surface area contributed by atoms with E-state index in [9.17, 15) is 0 Å². The Bertz CT molecular complexity index is 140. The molecule has 0 spiro atoms. The summed E-state index contributed by atoms with van der Waals surface area (Å²) < 4.78 is 3.60. The molecule has 0 aliphatic carbocycles. The predicted molar refractivity (Wildman–Crippen MR) is 49.5 cm³/mol. The molecule has 0 aromatic rings. The van der Waals surface area contributed by atoms with Crippen molar-refractivity contribution in [2.75, 3.05) is 0 Å². The van der Waals surface area contributed by atoms with Crippen LogP contribution < -0.4 is 0 Å². The molecule has 0 aliphatic rings. The van der Waals surface area contributed by atoms with E-state index in [1.807, 2.05) is 0 Å². The molecule has 94 valence electrons. The Hall–Kier alpha value is 0.500. The average Bonchev–Trinajstić information content (AvgIpc) is 1.78. The minimum absolute atomic E-state index is 0.882. The lowest BCUT2D eigenvalue weighted by atomic mass is 10.1. The Labute approximate surface area is 87.8 Å². The van der Waals surface area contributed by atoms with E-state index in [4.69, 9.17) is 40.0 Å². The largest absolute Gasteiger partial charge is 0.362 e. The molecular weight excluding hydrogens is 254 g/mol. The molecule has 11 heteroatoms. The van der Waals surface area contributed by atoms with E-state index in [-0.39, 0.29) is 0 Å². The predicted octanol–water partition coefficient (Wildman–Crippen LogP) is -2.19. The van der Waals surface area contributed by atoms with Crippen molar-refractivity contribution >= 4 is 17.2 Å². The van der Waals surface area contributed by atoms with Crippen molar-refractivity contribution in [3.05, 3.63) is 0 Å². The molecule has 0 saturated carbocycles. The highest BCUT2D eigenvalue weighted by Gasteiger charge is 2.37. The van der Waals surface area contributed by atoms with Gasteiger partial charge in [0.05, 0.1) is 0 Å². The minimum Gasteiger partial charge on any atom is -0.362 e. The van der Waals surface area contributed by atoms with Crippen LogP contribution >= 0.6 is 17.2 Å². The zero-order valence-electron chi connectivity index (χ0n) is 7.88. The SMILES string of the molecule is CC(O)(O)C(C)(O)O.OP(O)OP(O)O. The highest BCUT2D eigenvalue weighted by Crippen LogP contribution is 2.41. The number of hydrogen-bond donors (Lipinski definition) is 8. The van der Waals surface area contributed by atoms with Crippen LogP contribution in [0.15, 0.2) is 0 Å². The van der Waals surface area contributed by atoms with E-state index < -0.39 is 28.8 Å². The summed E-state index contributed by atoms with van der Waals surface area (Å²) in [5, 5.41) is 33.6. The third kappa shape index (κ3) is 12.4. The van der Waals surface area contributed by atoms with Gasteiger partial charge in [-0.15, -0.1) is 0 Å². The summed E-state index contributed by atoms with van der Waals surface area (Å²) in [5.41, 5.74) is 0. The molecule has 0 fully saturated rings. The van der Waals surface area contributed by atoms with Gasteiger partial charge in [0.25, 0.3) is 0 Å². The first-order valence-corrected chi connectivity index (χ1v) is 5.64. The van der Waals surface area contributed by atoms with Gasteiger partial charge in [-0.3, -0.25) is 0 Å². The number of rotatable bonds is 3. The van der Waals surface area contributed by atoms with Gasteiger partial charge in [-0.1, -0.05) is 0 Å². The maximum Gasteiger partial charge on any atom is 0.334 e. The molecule has 9 nitrogen and oxygen atoms in total. The normalized spacial score (nSPS) is 12.8. The lowest BCUT2D eigenvalue weighted by Crippen LogP contribution is -2.49. The standard InChI is InChI=1S/C4H10O4.H4O5P2/c1-3(5,6)4(2,7)8;1-6(2)5-7(3)4/h5-8H,1-2H3;1-4H. The molecule has 0 saturated heterocycles. The van der Waals surface area contributed by atoms with Gasteiger partial charge >= 0.3 is 17.2 Å². The molecule has 0 amide bonds. The molecular formula is C4H14O9P2. The molecule has 0 heterocycles. The summed E-state index contributed by atoms with van der Waals surface area (Å²) in [5.74, 6) is -4.90. The number of hydrogen-bond acceptors (Lipinski definition) is 9. The van der Waals surface area contributed by atoms with Gasteiger partial charge in [0, 0.05) is 0 Å². The summed E-state index contributed by atoms with van der Waals surface area (Å²) in [4.78, 5) is 31.3. The Morgan fingerprint density at radius 2 is 0.933 bits per heavy atom. The third-order valence-corrected chi connectivity index (χ3v) is 2.21. The van der Waals surface area contributed by atoms with Crippen LogP contribution in [-0.2, 0) is 4.31 Å². The Kier molecular flexibility index (Phi) is 8.28. The van der Waals surface area contributed by atoms with Crippen LogP contribution in [0.5, 0.6) is 0 Å². The summed E-state index contributed by atoms with van der Waals surface area (Å²) in [7, 11) is -5.22. The van der Waals surface area contributed by atoms with Crippen molar-refractivity contribution in [1.29, 1.82) is 0 Å². The lowest BCUT2D eigenvalue weighted by molar-refractivity contribution is -0.339. The highest BCUT2D eigenvalue weighted by atomic mass is 31.2. The Morgan fingerprint density at radius 1 is 0.733 bits per heavy atom. The van der Waals surface area contributed by atoms with Gasteiger partial charge in [-0.05, 0) is 13.8 Å². The fraction of sp³-hybridized carbons (Fsp3) is 1.00. The zero-order valence-corrected chi connectivity index (χ0v) is 9.67. The van der Waals surface area contributed by atoms with Crippen LogP contribution in [0.3, 0.4) is 0 Å². The molecule has 15 heavy (non-hydrogen) atoms. The smallest absolute Gasteiger partial charge is 0.334 e. The van der Waals surface area contributed by atoms with Crippen molar-refractivity contribution in [3.63, 3.8) is 0 Å². The molecule has 0 rings (SSSR count). The molecule has 0 unspecified atom stereocenters. The molecule has 0 aliphatic heterocycles. The summed E-state index contributed by atoms with van der Waals surface area (Å²) in [6, 6.07) is 0. The first-order chi connectivity index (χ1) is 6.38. The highest BCUT2D eigenvalue weighted by molar-refractivity contribution is 7.53. The topological polar surface area (TPSA) is 171 Å². The van der Waals surface area contributed by atoms with Gasteiger partial charge in [0.2, 0.25) is 11.6 Å². The summed E-state index contributed by atoms with van der Waals surface area (Å²) in [6.07, 6.45) is 0. The summed E-state index contributed by atoms with van der Waals surface area (Å²) in [6.45, 7) is 1.76. The van der Waals surface area contributed by atoms with Crippen LogP contribution in [0, 0.1) is 0 Å². The maximum absolute atomic E-state index is 8.41. The lowest BCUT2D eigenvalue weighted by Gasteiger charge is -2.27. The van der Waals surface area contributed by atoms with Crippen molar-refractivity contribution in [1.82, 2.24) is 0 Å². The van der Waals surface area contributed by atoms with Crippen molar-refractivity contribution in [3.8, 4) is 0 Å². The second-order valence-electron chi connectivity index (χ2n) is 2.63. The zero-order chi connectivity index (χ0) is 12.9. The molecule has 0 bridgehead atoms. The Morgan fingerprint density at radius 3 is 0.933 bits per heavy atom. The number of aliphatic hydroxyl groups is 4. The second-order valence-corrected chi connectivity index (χ2v) is 4.29. The van der Waals surface area contributed by atoms with Crippen LogP contribution in [0.2, 0.25) is 0 Å². The first-order valence-electron chi connectivity index (χ1n) is 3.31. The third-order valence-electron chi connectivity index (χ3n) is 1.04. The second kappa shape index (κ2) is 6.95. The average molecular weight is 268 g/mol. The van der Waals surface area contributed by atoms with Crippen molar-refractivity contribution < 1.29 is 44.3 Å². The minimum atomic E-state index is -2.61. The van der Waals surface area contributed by atoms with Gasteiger partial charge in [-0.25, -0.2) is 4.31 Å². The van der Waals surface area contributed by atoms with Gasteiger partial charge in [0.15, 0.2) is 0 Å². The first kappa shape index (κ1) is 17.9. The van der Waals surface area contributed by atoms with Gasteiger partial charge in [0.1, 0.15) is 0 Å². The van der Waals surface area contributed by atoms with E-state index in [0.29, 0.717) is 0 Å². The van der Waals surface area contributed by atoms with Crippen LogP contribution in [0.4, 0.5) is 0 Å². The van der Waals surface area contributed by atoms with Gasteiger partial charge in [-0.2, -0.15) is 0 Å². The van der Waals surface area contributed by atoms with Crippen LogP contribution in [0.25, 0.3) is 0 Å². The van der Waals surface area contributed by atoms with Crippen molar-refractivity contribution in [2.24, 2.45) is 0 Å². The molecule has 0 radical (unpaired) electrons. The molecule has 0 aromatic carbocycles. The fourth-order valence-electron chi connectivity index (χ4n) is 0.0653. The quantitative estimate of drug-likeness (QED) is 0.209. The van der Waals surface area contributed by atoms with Gasteiger partial charge < -0.3 is 40.0 Å². The monoisotopic (exact) mass is 268 g/mol. The molecule has 0 aromatic heterocycles. The maximum atomic E-state index is 8.41. The summed E-state index contributed by atoms with van der Waals surface area (Å²) >= 11 is 0. The van der Waals surface area contributed by atoms with Crippen molar-refractivity contribution in [2.45, 2.75) is 25.4 Å². The van der Waals surface area contributed by atoms with E-state index in [1.165, 1.54) is 0 Å². The van der Waals surface area contributed by atoms with E-state index in [2.05, 4.69) is 4.31 Å². The Balaban J connectivity index is 0. The molecule has 0 atom stereocenters.